The molecule has 0 aromatic carbocycles. The Morgan fingerprint density at radius 3 is 1.83 bits per heavy atom. The lowest BCUT2D eigenvalue weighted by Crippen LogP contribution is -2.08. The lowest BCUT2D eigenvalue weighted by Gasteiger charge is -2.11. The van der Waals surface area contributed by atoms with Crippen LogP contribution in [0.1, 0.15) is 27.7 Å². The van der Waals surface area contributed by atoms with Crippen LogP contribution in [-0.2, 0) is 19.1 Å². The van der Waals surface area contributed by atoms with Gasteiger partial charge >= 0.3 is 11.9 Å². The minimum atomic E-state index is -0.614. The van der Waals surface area contributed by atoms with E-state index in [1.807, 2.05) is 13.8 Å². The zero-order valence-corrected chi connectivity index (χ0v) is 13.3. The van der Waals surface area contributed by atoms with Crippen molar-refractivity contribution in [2.75, 3.05) is 0 Å². The minimum Gasteiger partial charge on any atom is -0.423 e. The molecule has 0 atom stereocenters. The van der Waals surface area contributed by atoms with Gasteiger partial charge in [-0.25, -0.2) is 0 Å². The molecule has 0 saturated heterocycles. The molecular formula is C17H16N2O4. The molecule has 1 rings (SSSR count). The SMILES string of the molecule is CC(=O)OC1=CC(C(C)C)=CC(=C(C#N)C#N)C=C1OC(C)=O. The van der Waals surface area contributed by atoms with E-state index in [0.29, 0.717) is 0 Å². The molecule has 0 aromatic rings. The van der Waals surface area contributed by atoms with Crippen molar-refractivity contribution in [3.63, 3.8) is 0 Å². The summed E-state index contributed by atoms with van der Waals surface area (Å²) in [4.78, 5) is 22.6. The van der Waals surface area contributed by atoms with Crippen molar-refractivity contribution in [1.29, 1.82) is 10.5 Å². The molecule has 0 saturated carbocycles. The topological polar surface area (TPSA) is 100 Å². The van der Waals surface area contributed by atoms with E-state index in [1.165, 1.54) is 19.9 Å². The fourth-order valence-corrected chi connectivity index (χ4v) is 1.80. The number of carbonyl (C=O) groups excluding carboxylic acids is 2. The molecule has 0 fully saturated rings. The highest BCUT2D eigenvalue weighted by Gasteiger charge is 2.20. The van der Waals surface area contributed by atoms with Crippen LogP contribution in [0.25, 0.3) is 0 Å². The Morgan fingerprint density at radius 2 is 1.43 bits per heavy atom. The van der Waals surface area contributed by atoms with Crippen LogP contribution in [0.5, 0.6) is 0 Å². The third-order valence-electron chi connectivity index (χ3n) is 2.84. The molecule has 0 aromatic heterocycles. The number of ether oxygens (including phenoxy) is 2. The molecule has 118 valence electrons. The maximum Gasteiger partial charge on any atom is 0.308 e. The highest BCUT2D eigenvalue weighted by Crippen LogP contribution is 2.28. The molecule has 1 aliphatic carbocycles. The smallest absolute Gasteiger partial charge is 0.308 e. The van der Waals surface area contributed by atoms with E-state index in [-0.39, 0.29) is 28.6 Å². The summed E-state index contributed by atoms with van der Waals surface area (Å²) in [6.45, 7) is 6.23. The zero-order chi connectivity index (χ0) is 17.6. The molecule has 6 nitrogen and oxygen atoms in total. The summed E-state index contributed by atoms with van der Waals surface area (Å²) in [7, 11) is 0. The van der Waals surface area contributed by atoms with Gasteiger partial charge in [0.05, 0.1) is 0 Å². The fraction of sp³-hybridized carbons (Fsp3) is 0.294. The monoisotopic (exact) mass is 312 g/mol. The van der Waals surface area contributed by atoms with Crippen molar-refractivity contribution in [2.24, 2.45) is 5.92 Å². The zero-order valence-electron chi connectivity index (χ0n) is 13.3. The number of hydrogen-bond donors (Lipinski definition) is 0. The highest BCUT2D eigenvalue weighted by atomic mass is 16.6. The Morgan fingerprint density at radius 1 is 0.957 bits per heavy atom. The van der Waals surface area contributed by atoms with Gasteiger partial charge < -0.3 is 9.47 Å². The van der Waals surface area contributed by atoms with Crippen LogP contribution in [0.4, 0.5) is 0 Å². The van der Waals surface area contributed by atoms with Gasteiger partial charge in [0, 0.05) is 19.4 Å². The molecule has 0 radical (unpaired) electrons. The van der Waals surface area contributed by atoms with Crippen LogP contribution in [0.2, 0.25) is 0 Å². The van der Waals surface area contributed by atoms with Crippen LogP contribution in [0.15, 0.2) is 46.5 Å². The van der Waals surface area contributed by atoms with E-state index in [9.17, 15) is 9.59 Å². The summed E-state index contributed by atoms with van der Waals surface area (Å²) < 4.78 is 10.2. The Bertz CT molecular complexity index is 722. The molecular weight excluding hydrogens is 296 g/mol. The van der Waals surface area contributed by atoms with E-state index in [1.54, 1.807) is 24.3 Å². The normalized spacial score (nSPS) is 13.7. The molecule has 0 N–H and O–H groups in total. The van der Waals surface area contributed by atoms with E-state index >= 15 is 0 Å². The van der Waals surface area contributed by atoms with Crippen molar-refractivity contribution >= 4 is 11.9 Å². The van der Waals surface area contributed by atoms with Gasteiger partial charge in [-0.2, -0.15) is 10.5 Å². The first-order valence-corrected chi connectivity index (χ1v) is 6.85. The maximum atomic E-state index is 11.3. The first-order valence-electron chi connectivity index (χ1n) is 6.85. The Hall–Kier alpha value is -3.12. The second-order valence-corrected chi connectivity index (χ2v) is 5.06. The maximum absolute atomic E-state index is 11.3. The molecule has 0 bridgehead atoms. The Kier molecular flexibility index (Phi) is 6.05. The summed E-state index contributed by atoms with van der Waals surface area (Å²) in [6.07, 6.45) is 4.53. The summed E-state index contributed by atoms with van der Waals surface area (Å²) in [6, 6.07) is 3.59. The number of allylic oxidation sites excluding steroid dienone is 6. The van der Waals surface area contributed by atoms with Gasteiger partial charge in [0.1, 0.15) is 17.7 Å². The molecule has 0 heterocycles. The van der Waals surface area contributed by atoms with Gasteiger partial charge in [-0.05, 0) is 29.7 Å². The van der Waals surface area contributed by atoms with Crippen LogP contribution in [0.3, 0.4) is 0 Å². The number of nitrogens with zero attached hydrogens (tertiary/aromatic N) is 2. The fourth-order valence-electron chi connectivity index (χ4n) is 1.80. The predicted octanol–water partition coefficient (Wildman–Crippen LogP) is 2.82. The Labute approximate surface area is 134 Å². The van der Waals surface area contributed by atoms with Crippen molar-refractivity contribution in [3.05, 3.63) is 46.5 Å². The summed E-state index contributed by atoms with van der Waals surface area (Å²) >= 11 is 0. The van der Waals surface area contributed by atoms with Crippen LogP contribution in [-0.4, -0.2) is 11.9 Å². The highest BCUT2D eigenvalue weighted by molar-refractivity contribution is 5.71. The third kappa shape index (κ3) is 4.98. The molecule has 23 heavy (non-hydrogen) atoms. The molecule has 1 aliphatic rings. The number of esters is 2. The van der Waals surface area contributed by atoms with E-state index in [0.717, 1.165) is 5.57 Å². The van der Waals surface area contributed by atoms with Crippen molar-refractivity contribution < 1.29 is 19.1 Å². The lowest BCUT2D eigenvalue weighted by molar-refractivity contribution is -0.141. The molecule has 0 amide bonds. The number of hydrogen-bond acceptors (Lipinski definition) is 6. The quantitative estimate of drug-likeness (QED) is 0.586. The van der Waals surface area contributed by atoms with E-state index in [2.05, 4.69) is 0 Å². The average molecular weight is 312 g/mol. The second-order valence-electron chi connectivity index (χ2n) is 5.06. The second kappa shape index (κ2) is 7.77. The predicted molar refractivity (Wildman–Crippen MR) is 80.9 cm³/mol. The van der Waals surface area contributed by atoms with Gasteiger partial charge in [0.2, 0.25) is 0 Å². The van der Waals surface area contributed by atoms with Gasteiger partial charge in [-0.15, -0.1) is 0 Å². The van der Waals surface area contributed by atoms with Crippen LogP contribution >= 0.6 is 0 Å². The first-order chi connectivity index (χ1) is 10.8. The molecule has 0 aliphatic heterocycles. The first kappa shape index (κ1) is 17.9. The lowest BCUT2D eigenvalue weighted by atomic mass is 9.99. The van der Waals surface area contributed by atoms with E-state index < -0.39 is 11.9 Å². The summed E-state index contributed by atoms with van der Waals surface area (Å²) in [5, 5.41) is 18.2. The van der Waals surface area contributed by atoms with Gasteiger partial charge in [0.25, 0.3) is 0 Å². The van der Waals surface area contributed by atoms with E-state index in [4.69, 9.17) is 20.0 Å². The van der Waals surface area contributed by atoms with Gasteiger partial charge in [0.15, 0.2) is 11.5 Å². The molecule has 6 heteroatoms. The average Bonchev–Trinajstić information content (AvgIpc) is 2.60. The van der Waals surface area contributed by atoms with Crippen molar-refractivity contribution in [3.8, 4) is 12.1 Å². The van der Waals surface area contributed by atoms with Crippen molar-refractivity contribution in [2.45, 2.75) is 27.7 Å². The number of nitriles is 2. The van der Waals surface area contributed by atoms with Gasteiger partial charge in [-0.1, -0.05) is 13.8 Å². The van der Waals surface area contributed by atoms with Gasteiger partial charge in [-0.3, -0.25) is 9.59 Å². The summed E-state index contributed by atoms with van der Waals surface area (Å²) in [5.41, 5.74) is 0.872. The molecule has 0 spiro atoms. The standard InChI is InChI=1S/C17H16N2O4/c1-10(2)13-5-14(15(8-18)9-19)7-17(23-12(4)21)16(6-13)22-11(3)20/h5-7,10H,1-4H3. The Balaban J connectivity index is 3.61. The number of rotatable bonds is 3. The third-order valence-corrected chi connectivity index (χ3v) is 2.84. The van der Waals surface area contributed by atoms with Crippen LogP contribution < -0.4 is 0 Å². The summed E-state index contributed by atoms with van der Waals surface area (Å²) in [5.74, 6) is -1.14. The van der Waals surface area contributed by atoms with Crippen LogP contribution in [0, 0.1) is 28.6 Å². The largest absolute Gasteiger partial charge is 0.423 e. The van der Waals surface area contributed by atoms with Crippen molar-refractivity contribution in [1.82, 2.24) is 0 Å². The number of carbonyl (C=O) groups is 2. The molecule has 0 unspecified atom stereocenters. The minimum absolute atomic E-state index is 0.0271.